The maximum Gasteiger partial charge on any atom is 0.123 e. The molecule has 3 nitrogen and oxygen atoms in total. The maximum absolute atomic E-state index is 8.78. The first-order valence-electron chi connectivity index (χ1n) is 7.13. The van der Waals surface area contributed by atoms with Crippen LogP contribution in [0.2, 0.25) is 0 Å². The van der Waals surface area contributed by atoms with Crippen LogP contribution in [0.15, 0.2) is 18.2 Å². The van der Waals surface area contributed by atoms with Gasteiger partial charge in [0, 0.05) is 23.7 Å². The second-order valence-electron chi connectivity index (χ2n) is 5.05. The van der Waals surface area contributed by atoms with Crippen molar-refractivity contribution in [3.8, 4) is 17.6 Å². The molecular formula is C17H25NO2. The molecule has 0 heterocycles. The molecule has 1 aromatic rings. The van der Waals surface area contributed by atoms with Gasteiger partial charge >= 0.3 is 0 Å². The number of benzene rings is 1. The summed E-state index contributed by atoms with van der Waals surface area (Å²) in [6, 6.07) is 6.41. The normalized spacial score (nSPS) is 10.6. The molecule has 0 fully saturated rings. The van der Waals surface area contributed by atoms with Gasteiger partial charge in [0.05, 0.1) is 7.11 Å². The zero-order chi connectivity index (χ0) is 15.0. The van der Waals surface area contributed by atoms with Crippen LogP contribution >= 0.6 is 0 Å². The number of aliphatic hydroxyl groups excluding tert-OH is 1. The Labute approximate surface area is 122 Å². The molecule has 0 unspecified atom stereocenters. The lowest BCUT2D eigenvalue weighted by atomic mass is 10.1. The van der Waals surface area contributed by atoms with Gasteiger partial charge in [-0.1, -0.05) is 18.8 Å². The average molecular weight is 275 g/mol. The van der Waals surface area contributed by atoms with Gasteiger partial charge in [-0.25, -0.2) is 0 Å². The Hall–Kier alpha value is -1.50. The van der Waals surface area contributed by atoms with Crippen molar-refractivity contribution in [1.29, 1.82) is 0 Å². The zero-order valence-electron chi connectivity index (χ0n) is 12.9. The van der Waals surface area contributed by atoms with Gasteiger partial charge in [0.2, 0.25) is 0 Å². The molecule has 0 saturated carbocycles. The molecule has 1 rings (SSSR count). The number of hydrogen-bond acceptors (Lipinski definition) is 3. The standard InChI is InChI=1S/C17H25NO2/c1-5-10-18(14(2)3)13-16-12-15(7-6-11-19)8-9-17(16)20-4/h8-9,12,14,19H,5,10-11,13H2,1-4H3. The van der Waals surface area contributed by atoms with Gasteiger partial charge in [-0.05, 0) is 45.0 Å². The Morgan fingerprint density at radius 3 is 2.65 bits per heavy atom. The third-order valence-corrected chi connectivity index (χ3v) is 3.21. The van der Waals surface area contributed by atoms with Crippen molar-refractivity contribution in [2.75, 3.05) is 20.3 Å². The highest BCUT2D eigenvalue weighted by molar-refractivity contribution is 5.44. The van der Waals surface area contributed by atoms with Crippen molar-refractivity contribution in [3.63, 3.8) is 0 Å². The Morgan fingerprint density at radius 1 is 1.35 bits per heavy atom. The van der Waals surface area contributed by atoms with Crippen molar-refractivity contribution in [1.82, 2.24) is 4.90 Å². The minimum absolute atomic E-state index is 0.116. The molecule has 0 aliphatic rings. The van der Waals surface area contributed by atoms with Crippen LogP contribution in [0.1, 0.15) is 38.3 Å². The van der Waals surface area contributed by atoms with Crippen molar-refractivity contribution in [2.45, 2.75) is 39.8 Å². The zero-order valence-corrected chi connectivity index (χ0v) is 12.9. The van der Waals surface area contributed by atoms with E-state index in [4.69, 9.17) is 9.84 Å². The number of rotatable bonds is 6. The lowest BCUT2D eigenvalue weighted by Crippen LogP contribution is -2.31. The number of hydrogen-bond donors (Lipinski definition) is 1. The van der Waals surface area contributed by atoms with E-state index >= 15 is 0 Å². The van der Waals surface area contributed by atoms with Crippen molar-refractivity contribution in [3.05, 3.63) is 29.3 Å². The Morgan fingerprint density at radius 2 is 2.10 bits per heavy atom. The SMILES string of the molecule is CCCN(Cc1cc(C#CCO)ccc1OC)C(C)C. The van der Waals surface area contributed by atoms with E-state index in [2.05, 4.69) is 37.5 Å². The molecular weight excluding hydrogens is 250 g/mol. The van der Waals surface area contributed by atoms with Crippen LogP contribution in [-0.4, -0.2) is 36.3 Å². The second kappa shape index (κ2) is 8.63. The first-order valence-corrected chi connectivity index (χ1v) is 7.13. The maximum atomic E-state index is 8.78. The number of aliphatic hydroxyl groups is 1. The molecule has 0 bridgehead atoms. The van der Waals surface area contributed by atoms with E-state index in [1.54, 1.807) is 7.11 Å². The Bertz CT molecular complexity index is 472. The molecule has 0 spiro atoms. The van der Waals surface area contributed by atoms with E-state index in [9.17, 15) is 0 Å². The summed E-state index contributed by atoms with van der Waals surface area (Å²) >= 11 is 0. The lowest BCUT2D eigenvalue weighted by molar-refractivity contribution is 0.210. The van der Waals surface area contributed by atoms with Gasteiger partial charge in [-0.3, -0.25) is 4.90 Å². The van der Waals surface area contributed by atoms with Crippen molar-refractivity contribution in [2.24, 2.45) is 0 Å². The summed E-state index contributed by atoms with van der Waals surface area (Å²) in [6.07, 6.45) is 1.13. The first-order chi connectivity index (χ1) is 9.62. The number of nitrogens with zero attached hydrogens (tertiary/aromatic N) is 1. The number of ether oxygens (including phenoxy) is 1. The van der Waals surface area contributed by atoms with Gasteiger partial charge in [0.15, 0.2) is 0 Å². The fraction of sp³-hybridized carbons (Fsp3) is 0.529. The summed E-state index contributed by atoms with van der Waals surface area (Å²) in [4.78, 5) is 2.42. The smallest absolute Gasteiger partial charge is 0.123 e. The third-order valence-electron chi connectivity index (χ3n) is 3.21. The minimum Gasteiger partial charge on any atom is -0.496 e. The summed E-state index contributed by atoms with van der Waals surface area (Å²) in [5.41, 5.74) is 2.05. The van der Waals surface area contributed by atoms with Crippen LogP contribution in [-0.2, 0) is 6.54 Å². The predicted octanol–water partition coefficient (Wildman–Crippen LogP) is 2.66. The van der Waals surface area contributed by atoms with Crippen LogP contribution in [0.4, 0.5) is 0 Å². The fourth-order valence-electron chi connectivity index (χ4n) is 2.15. The monoisotopic (exact) mass is 275 g/mol. The highest BCUT2D eigenvalue weighted by Crippen LogP contribution is 2.22. The van der Waals surface area contributed by atoms with E-state index < -0.39 is 0 Å². The predicted molar refractivity (Wildman–Crippen MR) is 82.8 cm³/mol. The molecule has 0 amide bonds. The van der Waals surface area contributed by atoms with E-state index in [0.29, 0.717) is 6.04 Å². The summed E-state index contributed by atoms with van der Waals surface area (Å²) in [5.74, 6) is 6.52. The van der Waals surface area contributed by atoms with Crippen LogP contribution in [0.5, 0.6) is 5.75 Å². The topological polar surface area (TPSA) is 32.7 Å². The quantitative estimate of drug-likeness (QED) is 0.810. The molecule has 0 saturated heterocycles. The molecule has 110 valence electrons. The van der Waals surface area contributed by atoms with Crippen LogP contribution in [0.3, 0.4) is 0 Å². The molecule has 0 aliphatic heterocycles. The molecule has 0 atom stereocenters. The Balaban J connectivity index is 3.00. The molecule has 1 N–H and O–H groups in total. The summed E-state index contributed by atoms with van der Waals surface area (Å²) in [5, 5.41) is 8.78. The van der Waals surface area contributed by atoms with E-state index in [-0.39, 0.29) is 6.61 Å². The van der Waals surface area contributed by atoms with Gasteiger partial charge in [-0.2, -0.15) is 0 Å². The van der Waals surface area contributed by atoms with Gasteiger partial charge in [0.1, 0.15) is 12.4 Å². The molecule has 0 aromatic heterocycles. The highest BCUT2D eigenvalue weighted by Gasteiger charge is 2.12. The third kappa shape index (κ3) is 4.88. The van der Waals surface area contributed by atoms with E-state index in [1.807, 2.05) is 18.2 Å². The van der Waals surface area contributed by atoms with E-state index in [1.165, 1.54) is 0 Å². The van der Waals surface area contributed by atoms with Crippen LogP contribution in [0.25, 0.3) is 0 Å². The molecule has 1 aromatic carbocycles. The van der Waals surface area contributed by atoms with Gasteiger partial charge < -0.3 is 9.84 Å². The minimum atomic E-state index is -0.116. The number of methoxy groups -OCH3 is 1. The molecule has 20 heavy (non-hydrogen) atoms. The van der Waals surface area contributed by atoms with Gasteiger partial charge in [0.25, 0.3) is 0 Å². The van der Waals surface area contributed by atoms with E-state index in [0.717, 1.165) is 36.4 Å². The molecule has 0 radical (unpaired) electrons. The van der Waals surface area contributed by atoms with Crippen LogP contribution < -0.4 is 4.74 Å². The lowest BCUT2D eigenvalue weighted by Gasteiger charge is -2.26. The average Bonchev–Trinajstić information content (AvgIpc) is 2.44. The summed E-state index contributed by atoms with van der Waals surface area (Å²) < 4.78 is 5.44. The van der Waals surface area contributed by atoms with Crippen molar-refractivity contribution >= 4 is 0 Å². The highest BCUT2D eigenvalue weighted by atomic mass is 16.5. The van der Waals surface area contributed by atoms with Gasteiger partial charge in [-0.15, -0.1) is 0 Å². The van der Waals surface area contributed by atoms with Crippen molar-refractivity contribution < 1.29 is 9.84 Å². The summed E-state index contributed by atoms with van der Waals surface area (Å²) in [6.45, 7) is 8.40. The second-order valence-corrected chi connectivity index (χ2v) is 5.05. The first kappa shape index (κ1) is 16.6. The fourth-order valence-corrected chi connectivity index (χ4v) is 2.15. The Kier molecular flexibility index (Phi) is 7.14. The summed E-state index contributed by atoms with van der Waals surface area (Å²) in [7, 11) is 1.69. The largest absolute Gasteiger partial charge is 0.496 e. The van der Waals surface area contributed by atoms with Crippen LogP contribution in [0, 0.1) is 11.8 Å². The molecule has 0 aliphatic carbocycles. The molecule has 3 heteroatoms.